The first-order chi connectivity index (χ1) is 7.79. The highest BCUT2D eigenvalue weighted by Gasteiger charge is 2.58. The molecule has 92 valence electrons. The summed E-state index contributed by atoms with van der Waals surface area (Å²) in [6, 6.07) is 0. The summed E-state index contributed by atoms with van der Waals surface area (Å²) in [7, 11) is 0. The minimum atomic E-state index is 0.350. The summed E-state index contributed by atoms with van der Waals surface area (Å²) in [5, 5.41) is 10.0. The van der Waals surface area contributed by atoms with E-state index in [-0.39, 0.29) is 0 Å². The molecule has 3 aliphatic rings. The van der Waals surface area contributed by atoms with Crippen LogP contribution in [-0.4, -0.2) is 11.7 Å². The molecule has 16 heavy (non-hydrogen) atoms. The molecule has 0 saturated heterocycles. The number of aliphatic hydroxyl groups is 1. The van der Waals surface area contributed by atoms with E-state index in [4.69, 9.17) is 0 Å². The van der Waals surface area contributed by atoms with Crippen LogP contribution in [0.3, 0.4) is 0 Å². The number of rotatable bonds is 1. The van der Waals surface area contributed by atoms with Crippen LogP contribution >= 0.6 is 0 Å². The van der Waals surface area contributed by atoms with Crippen LogP contribution in [0.15, 0.2) is 0 Å². The van der Waals surface area contributed by atoms with Crippen LogP contribution in [0.2, 0.25) is 0 Å². The van der Waals surface area contributed by atoms with Gasteiger partial charge in [0.2, 0.25) is 0 Å². The Labute approximate surface area is 99.6 Å². The van der Waals surface area contributed by atoms with E-state index < -0.39 is 0 Å². The predicted octanol–water partition coefficient (Wildman–Crippen LogP) is 3.61. The molecule has 0 heterocycles. The summed E-state index contributed by atoms with van der Waals surface area (Å²) < 4.78 is 0. The van der Waals surface area contributed by atoms with Crippen molar-refractivity contribution in [3.63, 3.8) is 0 Å². The van der Waals surface area contributed by atoms with Crippen LogP contribution in [0.4, 0.5) is 0 Å². The lowest BCUT2D eigenvalue weighted by atomic mass is 9.61. The van der Waals surface area contributed by atoms with Crippen LogP contribution in [0.25, 0.3) is 0 Å². The minimum absolute atomic E-state index is 0.350. The third kappa shape index (κ3) is 1.33. The third-order valence-corrected chi connectivity index (χ3v) is 6.31. The molecule has 0 amide bonds. The first-order valence-electron chi connectivity index (χ1n) is 7.40. The van der Waals surface area contributed by atoms with Gasteiger partial charge >= 0.3 is 0 Å². The fraction of sp³-hybridized carbons (Fsp3) is 1.00. The Bertz CT molecular complexity index is 262. The lowest BCUT2D eigenvalue weighted by molar-refractivity contribution is -0.00882. The second-order valence-corrected chi connectivity index (χ2v) is 6.66. The van der Waals surface area contributed by atoms with Gasteiger partial charge in [0.25, 0.3) is 0 Å². The molecule has 0 spiro atoms. The van der Waals surface area contributed by atoms with Crippen LogP contribution in [-0.2, 0) is 0 Å². The molecule has 0 radical (unpaired) electrons. The van der Waals surface area contributed by atoms with Crippen LogP contribution in [0, 0.1) is 29.1 Å². The average molecular weight is 222 g/mol. The van der Waals surface area contributed by atoms with Crippen molar-refractivity contribution < 1.29 is 5.11 Å². The molecule has 0 aliphatic heterocycles. The standard InChI is InChI=1S/C15H26O/c1-11-12-6-2-3-8-14(12)15(10-16)9-5-4-7-13(11)15/h11-14,16H,2-10H2,1H3. The van der Waals surface area contributed by atoms with Gasteiger partial charge in [-0.25, -0.2) is 0 Å². The molecule has 1 heteroatoms. The molecule has 3 aliphatic carbocycles. The van der Waals surface area contributed by atoms with E-state index in [9.17, 15) is 5.11 Å². The van der Waals surface area contributed by atoms with Crippen LogP contribution in [0.5, 0.6) is 0 Å². The van der Waals surface area contributed by atoms with E-state index in [1.165, 1.54) is 51.4 Å². The van der Waals surface area contributed by atoms with Gasteiger partial charge in [-0.3, -0.25) is 0 Å². The van der Waals surface area contributed by atoms with Gasteiger partial charge in [-0.15, -0.1) is 0 Å². The lowest BCUT2D eigenvalue weighted by Crippen LogP contribution is -2.40. The van der Waals surface area contributed by atoms with Crippen molar-refractivity contribution >= 4 is 0 Å². The Morgan fingerprint density at radius 2 is 1.69 bits per heavy atom. The van der Waals surface area contributed by atoms with Gasteiger partial charge < -0.3 is 5.11 Å². The fourth-order valence-corrected chi connectivity index (χ4v) is 5.65. The maximum atomic E-state index is 10.0. The van der Waals surface area contributed by atoms with E-state index in [0.717, 1.165) is 23.7 Å². The molecular formula is C15H26O. The Balaban J connectivity index is 1.94. The van der Waals surface area contributed by atoms with Crippen molar-refractivity contribution in [1.29, 1.82) is 0 Å². The molecule has 5 unspecified atom stereocenters. The zero-order valence-corrected chi connectivity index (χ0v) is 10.6. The zero-order valence-electron chi connectivity index (χ0n) is 10.6. The van der Waals surface area contributed by atoms with E-state index in [0.29, 0.717) is 12.0 Å². The Kier molecular flexibility index (Phi) is 2.78. The van der Waals surface area contributed by atoms with Crippen LogP contribution in [0.1, 0.15) is 58.3 Å². The highest BCUT2D eigenvalue weighted by atomic mass is 16.3. The Morgan fingerprint density at radius 1 is 1.00 bits per heavy atom. The van der Waals surface area contributed by atoms with Crippen molar-refractivity contribution in [2.75, 3.05) is 6.61 Å². The van der Waals surface area contributed by atoms with Crippen molar-refractivity contribution in [2.45, 2.75) is 58.3 Å². The molecule has 0 aromatic carbocycles. The smallest absolute Gasteiger partial charge is 0.0492 e. The van der Waals surface area contributed by atoms with Crippen LogP contribution < -0.4 is 0 Å². The summed E-state index contributed by atoms with van der Waals surface area (Å²) in [5.41, 5.74) is 0.350. The van der Waals surface area contributed by atoms with Gasteiger partial charge in [0.15, 0.2) is 0 Å². The number of hydrogen-bond acceptors (Lipinski definition) is 1. The van der Waals surface area contributed by atoms with Crippen molar-refractivity contribution in [2.24, 2.45) is 29.1 Å². The number of aliphatic hydroxyl groups excluding tert-OH is 1. The van der Waals surface area contributed by atoms with Crippen molar-refractivity contribution in [1.82, 2.24) is 0 Å². The Hall–Kier alpha value is -0.0400. The second kappa shape index (κ2) is 4.01. The SMILES string of the molecule is CC1C2CCCCC2C2(CO)CCCCC12. The lowest BCUT2D eigenvalue weighted by Gasteiger charge is -2.44. The maximum absolute atomic E-state index is 10.0. The van der Waals surface area contributed by atoms with E-state index in [2.05, 4.69) is 6.92 Å². The van der Waals surface area contributed by atoms with Gasteiger partial charge in [0.1, 0.15) is 0 Å². The normalized spacial score (nSPS) is 52.1. The minimum Gasteiger partial charge on any atom is -0.396 e. The topological polar surface area (TPSA) is 20.2 Å². The van der Waals surface area contributed by atoms with E-state index in [1.54, 1.807) is 0 Å². The number of hydrogen-bond donors (Lipinski definition) is 1. The summed E-state index contributed by atoms with van der Waals surface area (Å²) in [4.78, 5) is 0. The molecule has 3 fully saturated rings. The van der Waals surface area contributed by atoms with Crippen molar-refractivity contribution in [3.05, 3.63) is 0 Å². The molecule has 1 N–H and O–H groups in total. The molecule has 0 aromatic rings. The summed E-state index contributed by atoms with van der Waals surface area (Å²) in [5.74, 6) is 3.55. The maximum Gasteiger partial charge on any atom is 0.0492 e. The fourth-order valence-electron chi connectivity index (χ4n) is 5.65. The predicted molar refractivity (Wildman–Crippen MR) is 66.1 cm³/mol. The molecular weight excluding hydrogens is 196 g/mol. The monoisotopic (exact) mass is 222 g/mol. The van der Waals surface area contributed by atoms with E-state index >= 15 is 0 Å². The quantitative estimate of drug-likeness (QED) is 0.718. The summed E-state index contributed by atoms with van der Waals surface area (Å²) >= 11 is 0. The van der Waals surface area contributed by atoms with E-state index in [1.807, 2.05) is 0 Å². The number of fused-ring (bicyclic) bond motifs is 3. The molecule has 3 saturated carbocycles. The van der Waals surface area contributed by atoms with Gasteiger partial charge in [-0.1, -0.05) is 32.6 Å². The van der Waals surface area contributed by atoms with Crippen molar-refractivity contribution in [3.8, 4) is 0 Å². The molecule has 0 bridgehead atoms. The molecule has 5 atom stereocenters. The average Bonchev–Trinajstić information content (AvgIpc) is 2.62. The second-order valence-electron chi connectivity index (χ2n) is 6.66. The first kappa shape index (κ1) is 11.1. The first-order valence-corrected chi connectivity index (χ1v) is 7.40. The molecule has 0 aromatic heterocycles. The Morgan fingerprint density at radius 3 is 2.50 bits per heavy atom. The zero-order chi connectivity index (χ0) is 11.2. The summed E-state index contributed by atoms with van der Waals surface area (Å²) in [6.07, 6.45) is 11.2. The highest BCUT2D eigenvalue weighted by molar-refractivity contribution is 5.06. The largest absolute Gasteiger partial charge is 0.396 e. The molecule has 1 nitrogen and oxygen atoms in total. The summed E-state index contributed by atoms with van der Waals surface area (Å²) in [6.45, 7) is 2.96. The third-order valence-electron chi connectivity index (χ3n) is 6.31. The van der Waals surface area contributed by atoms with Gasteiger partial charge in [-0.2, -0.15) is 0 Å². The van der Waals surface area contributed by atoms with Gasteiger partial charge in [0.05, 0.1) is 0 Å². The van der Waals surface area contributed by atoms with Gasteiger partial charge in [0, 0.05) is 6.61 Å². The highest BCUT2D eigenvalue weighted by Crippen LogP contribution is 2.63. The molecule has 3 rings (SSSR count). The van der Waals surface area contributed by atoms with Gasteiger partial charge in [-0.05, 0) is 54.8 Å².